The Morgan fingerprint density at radius 1 is 1.03 bits per heavy atom. The number of hydrogen-bond acceptors (Lipinski definition) is 8. The van der Waals surface area contributed by atoms with Gasteiger partial charge in [0.1, 0.15) is 12.7 Å². The molecule has 3 aromatic heterocycles. The van der Waals surface area contributed by atoms with E-state index in [0.717, 1.165) is 23.1 Å². The largest absolute Gasteiger partial charge is 0.347 e. The summed E-state index contributed by atoms with van der Waals surface area (Å²) in [5.74, 6) is 0.427. The summed E-state index contributed by atoms with van der Waals surface area (Å²) in [5.41, 5.74) is 3.11. The molecule has 1 atom stereocenters. The number of hydrogen-bond donors (Lipinski definition) is 1. The first-order chi connectivity index (χ1) is 14.3. The summed E-state index contributed by atoms with van der Waals surface area (Å²) in [5, 5.41) is 11.7. The van der Waals surface area contributed by atoms with Gasteiger partial charge in [0, 0.05) is 11.8 Å². The van der Waals surface area contributed by atoms with Crippen LogP contribution in [0.4, 0.5) is 5.95 Å². The lowest BCUT2D eigenvalue weighted by Gasteiger charge is -2.19. The Morgan fingerprint density at radius 3 is 2.47 bits per heavy atom. The van der Waals surface area contributed by atoms with Crippen LogP contribution in [0, 0.1) is 0 Å². The van der Waals surface area contributed by atoms with Crippen LogP contribution in [-0.4, -0.2) is 49.0 Å². The van der Waals surface area contributed by atoms with Crippen molar-refractivity contribution in [3.63, 3.8) is 0 Å². The molecule has 0 fully saturated rings. The highest BCUT2D eigenvalue weighted by atomic mass is 32.2. The molecule has 11 heteroatoms. The van der Waals surface area contributed by atoms with Gasteiger partial charge in [-0.15, -0.1) is 0 Å². The zero-order valence-electron chi connectivity index (χ0n) is 17.1. The maximum Gasteiger partial charge on any atom is 0.252 e. The second kappa shape index (κ2) is 7.48. The van der Waals surface area contributed by atoms with Crippen LogP contribution in [0.15, 0.2) is 48.3 Å². The number of para-hydroxylation sites is 1. The van der Waals surface area contributed by atoms with E-state index < -0.39 is 9.84 Å². The summed E-state index contributed by atoms with van der Waals surface area (Å²) in [6, 6.07) is 7.51. The van der Waals surface area contributed by atoms with Crippen molar-refractivity contribution in [2.75, 3.05) is 11.6 Å². The molecule has 0 spiro atoms. The fraction of sp³-hybridized carbons (Fsp3) is 0.316. The van der Waals surface area contributed by atoms with E-state index in [-0.39, 0.29) is 17.1 Å². The molecule has 156 valence electrons. The van der Waals surface area contributed by atoms with E-state index in [1.54, 1.807) is 21.7 Å². The fourth-order valence-electron chi connectivity index (χ4n) is 3.21. The third-order valence-corrected chi connectivity index (χ3v) is 5.59. The van der Waals surface area contributed by atoms with Crippen LogP contribution in [0.2, 0.25) is 0 Å². The molecule has 1 unspecified atom stereocenters. The quantitative estimate of drug-likeness (QED) is 0.499. The normalized spacial score (nSPS) is 13.1. The molecule has 10 nitrogen and oxygen atoms in total. The monoisotopic (exact) mass is 426 g/mol. The molecule has 0 aliphatic heterocycles. The summed E-state index contributed by atoms with van der Waals surface area (Å²) in [6.07, 6.45) is 5.88. The number of sulfone groups is 1. The summed E-state index contributed by atoms with van der Waals surface area (Å²) in [6.45, 7) is 5.96. The maximum atomic E-state index is 12.2. The summed E-state index contributed by atoms with van der Waals surface area (Å²) < 4.78 is 27.6. The Hall–Kier alpha value is -3.34. The zero-order chi connectivity index (χ0) is 21.5. The number of nitrogens with zero attached hydrogens (tertiary/aromatic N) is 7. The first-order valence-corrected chi connectivity index (χ1v) is 11.3. The third-order valence-electron chi connectivity index (χ3n) is 4.74. The average Bonchev–Trinajstić information content (AvgIpc) is 3.37. The SMILES string of the molecule is CC(C)c1cnn2c(NC(C)c3ccccc3-n3cncn3)nc(S(C)(=O)=O)nc12. The van der Waals surface area contributed by atoms with Gasteiger partial charge in [-0.1, -0.05) is 32.0 Å². The van der Waals surface area contributed by atoms with Crippen molar-refractivity contribution < 1.29 is 8.42 Å². The van der Waals surface area contributed by atoms with Gasteiger partial charge in [-0.25, -0.2) is 18.1 Å². The van der Waals surface area contributed by atoms with E-state index in [2.05, 4.69) is 30.5 Å². The van der Waals surface area contributed by atoms with Gasteiger partial charge in [0.15, 0.2) is 5.65 Å². The summed E-state index contributed by atoms with van der Waals surface area (Å²) in [7, 11) is -3.61. The molecule has 1 N–H and O–H groups in total. The molecule has 4 aromatic rings. The van der Waals surface area contributed by atoms with Crippen molar-refractivity contribution in [1.29, 1.82) is 0 Å². The van der Waals surface area contributed by atoms with Crippen LogP contribution < -0.4 is 5.32 Å². The lowest BCUT2D eigenvalue weighted by Crippen LogP contribution is -2.17. The van der Waals surface area contributed by atoms with Crippen LogP contribution in [0.1, 0.15) is 43.9 Å². The lowest BCUT2D eigenvalue weighted by molar-refractivity contribution is 0.591. The molecule has 0 aliphatic carbocycles. The van der Waals surface area contributed by atoms with Crippen LogP contribution in [-0.2, 0) is 9.84 Å². The van der Waals surface area contributed by atoms with Gasteiger partial charge in [0.2, 0.25) is 15.8 Å². The molecule has 0 bridgehead atoms. The molecule has 0 saturated heterocycles. The predicted octanol–water partition coefficient (Wildman–Crippen LogP) is 2.41. The van der Waals surface area contributed by atoms with Crippen LogP contribution >= 0.6 is 0 Å². The molecule has 3 heterocycles. The standard InChI is InChI=1S/C19H22N8O2S/c1-12(2)15-9-21-27-17(15)24-19(30(4,28)29)25-18(27)23-13(3)14-7-5-6-8-16(14)26-11-20-10-22-26/h5-13H,1-4H3,(H,23,24,25). The number of anilines is 1. The molecule has 30 heavy (non-hydrogen) atoms. The Labute approximate surface area is 173 Å². The highest BCUT2D eigenvalue weighted by molar-refractivity contribution is 7.90. The molecular formula is C19H22N8O2S. The van der Waals surface area contributed by atoms with Gasteiger partial charge in [0.25, 0.3) is 5.16 Å². The minimum absolute atomic E-state index is 0.128. The maximum absolute atomic E-state index is 12.2. The Morgan fingerprint density at radius 2 is 1.80 bits per heavy atom. The molecule has 0 saturated carbocycles. The molecule has 1 aromatic carbocycles. The van der Waals surface area contributed by atoms with Crippen molar-refractivity contribution in [3.05, 3.63) is 54.2 Å². The summed E-state index contributed by atoms with van der Waals surface area (Å²) >= 11 is 0. The lowest BCUT2D eigenvalue weighted by atomic mass is 10.1. The van der Waals surface area contributed by atoms with Gasteiger partial charge < -0.3 is 5.32 Å². The number of aromatic nitrogens is 7. The zero-order valence-corrected chi connectivity index (χ0v) is 17.9. The van der Waals surface area contributed by atoms with Crippen molar-refractivity contribution in [1.82, 2.24) is 34.3 Å². The van der Waals surface area contributed by atoms with E-state index in [4.69, 9.17) is 0 Å². The van der Waals surface area contributed by atoms with Crippen LogP contribution in [0.5, 0.6) is 0 Å². The van der Waals surface area contributed by atoms with Gasteiger partial charge >= 0.3 is 0 Å². The number of benzene rings is 1. The van der Waals surface area contributed by atoms with Crippen molar-refractivity contribution in [2.45, 2.75) is 37.9 Å². The van der Waals surface area contributed by atoms with E-state index in [9.17, 15) is 8.42 Å². The number of nitrogens with one attached hydrogen (secondary N) is 1. The van der Waals surface area contributed by atoms with Crippen molar-refractivity contribution in [2.24, 2.45) is 0 Å². The second-order valence-electron chi connectivity index (χ2n) is 7.36. The Balaban J connectivity index is 1.81. The number of fused-ring (bicyclic) bond motifs is 1. The van der Waals surface area contributed by atoms with E-state index in [0.29, 0.717) is 11.6 Å². The Kier molecular flexibility index (Phi) is 4.98. The summed E-state index contributed by atoms with van der Waals surface area (Å²) in [4.78, 5) is 12.5. The average molecular weight is 427 g/mol. The van der Waals surface area contributed by atoms with Gasteiger partial charge in [0.05, 0.1) is 17.9 Å². The minimum Gasteiger partial charge on any atom is -0.347 e. The first kappa shape index (κ1) is 20.0. The second-order valence-corrected chi connectivity index (χ2v) is 9.27. The number of rotatable bonds is 6. The third kappa shape index (κ3) is 3.63. The molecule has 0 radical (unpaired) electrons. The van der Waals surface area contributed by atoms with Crippen molar-refractivity contribution in [3.8, 4) is 5.69 Å². The van der Waals surface area contributed by atoms with Gasteiger partial charge in [-0.3, -0.25) is 0 Å². The molecule has 0 amide bonds. The van der Waals surface area contributed by atoms with Gasteiger partial charge in [-0.2, -0.15) is 24.7 Å². The van der Waals surface area contributed by atoms with E-state index in [1.165, 1.54) is 6.33 Å². The minimum atomic E-state index is -3.61. The molecular weight excluding hydrogens is 404 g/mol. The van der Waals surface area contributed by atoms with Gasteiger partial charge in [-0.05, 0) is 24.5 Å². The van der Waals surface area contributed by atoms with Crippen molar-refractivity contribution >= 4 is 21.4 Å². The topological polar surface area (TPSA) is 120 Å². The van der Waals surface area contributed by atoms with Crippen LogP contribution in [0.25, 0.3) is 11.3 Å². The fourth-order valence-corrected chi connectivity index (χ4v) is 3.71. The predicted molar refractivity (Wildman–Crippen MR) is 111 cm³/mol. The first-order valence-electron chi connectivity index (χ1n) is 9.42. The van der Waals surface area contributed by atoms with Crippen LogP contribution in [0.3, 0.4) is 0 Å². The molecule has 0 aliphatic rings. The Bertz CT molecular complexity index is 1300. The highest BCUT2D eigenvalue weighted by Crippen LogP contribution is 2.26. The molecule has 4 rings (SSSR count). The van der Waals surface area contributed by atoms with E-state index in [1.807, 2.05) is 45.0 Å². The van der Waals surface area contributed by atoms with E-state index >= 15 is 0 Å². The smallest absolute Gasteiger partial charge is 0.252 e. The highest BCUT2D eigenvalue weighted by Gasteiger charge is 2.22.